The molecule has 2 aromatic carbocycles. The molecule has 0 unspecified atom stereocenters. The average Bonchev–Trinajstić information content (AvgIpc) is 3.28. The number of non-ortho nitro benzene ring substituents is 1. The maximum Gasteiger partial charge on any atom is 0.305 e. The highest BCUT2D eigenvalue weighted by atomic mass is 32.2. The van der Waals surface area contributed by atoms with E-state index in [1.807, 2.05) is 12.1 Å². The molecule has 9 nitrogen and oxygen atoms in total. The van der Waals surface area contributed by atoms with E-state index in [1.165, 1.54) is 36.0 Å². The molecule has 3 aromatic rings. The molecule has 3 heterocycles. The van der Waals surface area contributed by atoms with Crippen LogP contribution in [0.15, 0.2) is 58.4 Å². The number of thioether (sulfide) groups is 1. The van der Waals surface area contributed by atoms with E-state index >= 15 is 0 Å². The third-order valence-corrected chi connectivity index (χ3v) is 8.02. The number of amides is 2. The monoisotopic (exact) mass is 469 g/mol. The zero-order valence-electron chi connectivity index (χ0n) is 16.5. The molecule has 162 valence electrons. The van der Waals surface area contributed by atoms with Crippen LogP contribution in [0.3, 0.4) is 0 Å². The minimum atomic E-state index is -0.720. The second-order valence-electron chi connectivity index (χ2n) is 7.31. The van der Waals surface area contributed by atoms with E-state index in [9.17, 15) is 24.5 Å². The number of nitro groups is 1. The van der Waals surface area contributed by atoms with Crippen molar-refractivity contribution < 1.29 is 19.2 Å². The number of methoxy groups -OCH3 is 1. The minimum Gasteiger partial charge on any atom is -0.497 e. The van der Waals surface area contributed by atoms with Crippen LogP contribution in [0.2, 0.25) is 0 Å². The van der Waals surface area contributed by atoms with Crippen LogP contribution in [-0.2, 0) is 9.59 Å². The Morgan fingerprint density at radius 3 is 2.34 bits per heavy atom. The van der Waals surface area contributed by atoms with Gasteiger partial charge in [0.05, 0.1) is 28.7 Å². The van der Waals surface area contributed by atoms with Crippen molar-refractivity contribution in [2.24, 2.45) is 5.92 Å². The van der Waals surface area contributed by atoms with E-state index in [4.69, 9.17) is 4.74 Å². The molecule has 1 N–H and O–H groups in total. The molecule has 1 aromatic heterocycles. The first-order chi connectivity index (χ1) is 15.4. The molecule has 2 aliphatic rings. The quantitative estimate of drug-likeness (QED) is 0.354. The molecule has 1 saturated heterocycles. The summed E-state index contributed by atoms with van der Waals surface area (Å²) in [4.78, 5) is 53.7. The Bertz CT molecular complexity index is 1300. The van der Waals surface area contributed by atoms with Crippen LogP contribution in [-0.4, -0.2) is 34.1 Å². The molecule has 0 bridgehead atoms. The summed E-state index contributed by atoms with van der Waals surface area (Å²) in [6.07, 6.45) is 0. The van der Waals surface area contributed by atoms with Crippen LogP contribution in [0.25, 0.3) is 0 Å². The molecular formula is C21H15N3O6S2. The number of hydrogen-bond acceptors (Lipinski definition) is 8. The van der Waals surface area contributed by atoms with Crippen molar-refractivity contribution in [1.29, 1.82) is 0 Å². The number of nitrogens with one attached hydrogen (secondary N) is 1. The molecule has 0 aliphatic carbocycles. The molecule has 0 saturated carbocycles. The van der Waals surface area contributed by atoms with Gasteiger partial charge >= 0.3 is 4.87 Å². The average molecular weight is 470 g/mol. The second kappa shape index (κ2) is 7.61. The SMILES string of the molecule is COc1ccc([C@@H]2c3sc(=O)[nH]c3S[C@H]3C(=O)N(c4ccc([N+](=O)[O-])cc4)C(=O)[C@@H]23)cc1. The Hall–Kier alpha value is -3.44. The molecule has 2 amide bonds. The van der Waals surface area contributed by atoms with E-state index in [1.54, 1.807) is 19.2 Å². The summed E-state index contributed by atoms with van der Waals surface area (Å²) >= 11 is 2.22. The zero-order chi connectivity index (χ0) is 22.6. The third-order valence-electron chi connectivity index (χ3n) is 5.62. The van der Waals surface area contributed by atoms with Crippen LogP contribution in [0.5, 0.6) is 5.75 Å². The number of anilines is 1. The number of nitrogens with zero attached hydrogens (tertiary/aromatic N) is 2. The lowest BCUT2D eigenvalue weighted by atomic mass is 9.83. The fourth-order valence-electron chi connectivity index (χ4n) is 4.17. The van der Waals surface area contributed by atoms with Crippen molar-refractivity contribution in [3.63, 3.8) is 0 Å². The van der Waals surface area contributed by atoms with E-state index in [0.29, 0.717) is 10.8 Å². The number of ether oxygens (including phenoxy) is 1. The maximum absolute atomic E-state index is 13.5. The van der Waals surface area contributed by atoms with Crippen LogP contribution in [0.1, 0.15) is 16.4 Å². The maximum atomic E-state index is 13.5. The van der Waals surface area contributed by atoms with Gasteiger partial charge in [-0.3, -0.25) is 24.5 Å². The molecule has 5 rings (SSSR count). The number of aromatic nitrogens is 1. The number of aromatic amines is 1. The predicted octanol–water partition coefficient (Wildman–Crippen LogP) is 3.15. The van der Waals surface area contributed by atoms with Crippen LogP contribution >= 0.6 is 23.1 Å². The Kier molecular flexibility index (Phi) is 4.86. The Morgan fingerprint density at radius 1 is 1.03 bits per heavy atom. The van der Waals surface area contributed by atoms with Gasteiger partial charge in [0.2, 0.25) is 11.8 Å². The van der Waals surface area contributed by atoms with Crippen molar-refractivity contribution >= 4 is 46.3 Å². The van der Waals surface area contributed by atoms with Gasteiger partial charge in [-0.25, -0.2) is 4.90 Å². The number of hydrogen-bond donors (Lipinski definition) is 1. The number of carbonyl (C=O) groups is 2. The number of benzene rings is 2. The number of imide groups is 1. The number of carbonyl (C=O) groups excluding carboxylic acids is 2. The highest BCUT2D eigenvalue weighted by Gasteiger charge is 2.56. The molecule has 0 radical (unpaired) electrons. The largest absolute Gasteiger partial charge is 0.497 e. The van der Waals surface area contributed by atoms with Gasteiger partial charge in [-0.15, -0.1) is 0 Å². The molecule has 32 heavy (non-hydrogen) atoms. The van der Waals surface area contributed by atoms with Gasteiger partial charge in [0.1, 0.15) is 11.0 Å². The molecule has 2 aliphatic heterocycles. The molecular weight excluding hydrogens is 454 g/mol. The predicted molar refractivity (Wildman–Crippen MR) is 119 cm³/mol. The van der Waals surface area contributed by atoms with Crippen molar-refractivity contribution in [1.82, 2.24) is 4.98 Å². The summed E-state index contributed by atoms with van der Waals surface area (Å²) in [6.45, 7) is 0. The van der Waals surface area contributed by atoms with Gasteiger partial charge in [0.25, 0.3) is 5.69 Å². The lowest BCUT2D eigenvalue weighted by Crippen LogP contribution is -2.32. The summed E-state index contributed by atoms with van der Waals surface area (Å²) in [6, 6.07) is 12.5. The highest BCUT2D eigenvalue weighted by molar-refractivity contribution is 8.00. The fraction of sp³-hybridized carbons (Fsp3) is 0.190. The Morgan fingerprint density at radius 2 is 1.72 bits per heavy atom. The van der Waals surface area contributed by atoms with Gasteiger partial charge in [0, 0.05) is 22.9 Å². The number of fused-ring (bicyclic) bond motifs is 2. The van der Waals surface area contributed by atoms with E-state index in [0.717, 1.165) is 26.7 Å². The van der Waals surface area contributed by atoms with E-state index in [-0.39, 0.29) is 16.2 Å². The molecule has 11 heteroatoms. The third kappa shape index (κ3) is 3.12. The van der Waals surface area contributed by atoms with Crippen LogP contribution in [0.4, 0.5) is 11.4 Å². The summed E-state index contributed by atoms with van der Waals surface area (Å²) in [5, 5.41) is 10.8. The highest BCUT2D eigenvalue weighted by Crippen LogP contribution is 2.53. The number of nitro benzene ring substituents is 1. The lowest BCUT2D eigenvalue weighted by Gasteiger charge is -2.29. The molecule has 3 atom stereocenters. The first-order valence-corrected chi connectivity index (χ1v) is 11.2. The smallest absolute Gasteiger partial charge is 0.305 e. The van der Waals surface area contributed by atoms with Crippen LogP contribution in [0, 0.1) is 16.0 Å². The van der Waals surface area contributed by atoms with Gasteiger partial charge in [0.15, 0.2) is 0 Å². The van der Waals surface area contributed by atoms with Gasteiger partial charge in [-0.2, -0.15) is 0 Å². The standard InChI is InChI=1S/C21H15N3O6S2/c1-30-13-8-2-10(3-9-13)14-15-17(31-18-16(14)32-21(27)22-18)20(26)23(19(15)25)11-4-6-12(7-5-11)24(28)29/h2-9,14-15,17H,1H3,(H,22,27)/t14-,15-,17+/m0/s1. The first kappa shape index (κ1) is 20.5. The normalized spacial score (nSPS) is 21.9. The van der Waals surface area contributed by atoms with Crippen molar-refractivity contribution in [2.75, 3.05) is 12.0 Å². The van der Waals surface area contributed by atoms with Gasteiger partial charge in [-0.05, 0) is 29.8 Å². The molecule has 0 spiro atoms. The van der Waals surface area contributed by atoms with E-state index < -0.39 is 33.8 Å². The van der Waals surface area contributed by atoms with Gasteiger partial charge < -0.3 is 9.72 Å². The summed E-state index contributed by atoms with van der Waals surface area (Å²) in [7, 11) is 1.56. The first-order valence-electron chi connectivity index (χ1n) is 9.55. The number of thiazole rings is 1. The topological polar surface area (TPSA) is 123 Å². The lowest BCUT2D eigenvalue weighted by molar-refractivity contribution is -0.384. The summed E-state index contributed by atoms with van der Waals surface area (Å²) < 4.78 is 5.22. The van der Waals surface area contributed by atoms with E-state index in [2.05, 4.69) is 4.98 Å². The van der Waals surface area contributed by atoms with Crippen molar-refractivity contribution in [2.45, 2.75) is 16.2 Å². The zero-order valence-corrected chi connectivity index (χ0v) is 18.1. The summed E-state index contributed by atoms with van der Waals surface area (Å²) in [5.41, 5.74) is 0.950. The number of rotatable bonds is 4. The van der Waals surface area contributed by atoms with Crippen LogP contribution < -0.4 is 14.5 Å². The fourth-order valence-corrected chi connectivity index (χ4v) is 6.68. The number of H-pyrrole nitrogens is 1. The Labute approximate surface area is 189 Å². The second-order valence-corrected chi connectivity index (χ2v) is 9.47. The minimum absolute atomic E-state index is 0.129. The summed E-state index contributed by atoms with van der Waals surface area (Å²) in [5.74, 6) is -1.34. The Balaban J connectivity index is 1.59. The molecule has 1 fully saturated rings. The van der Waals surface area contributed by atoms with Crippen molar-refractivity contribution in [3.8, 4) is 5.75 Å². The van der Waals surface area contributed by atoms with Gasteiger partial charge in [-0.1, -0.05) is 35.2 Å². The van der Waals surface area contributed by atoms with Crippen molar-refractivity contribution in [3.05, 3.63) is 78.8 Å².